The molecule has 4 nitrogen and oxygen atoms in total. The van der Waals surface area contributed by atoms with Crippen molar-refractivity contribution >= 4 is 23.2 Å². The molecule has 0 spiro atoms. The van der Waals surface area contributed by atoms with Crippen LogP contribution in [0, 0.1) is 0 Å². The van der Waals surface area contributed by atoms with Gasteiger partial charge in [0.25, 0.3) is 0 Å². The maximum absolute atomic E-state index is 11.0. The Bertz CT molecular complexity index is 427. The first-order valence-corrected chi connectivity index (χ1v) is 7.57. The van der Waals surface area contributed by atoms with Crippen molar-refractivity contribution in [2.45, 2.75) is 6.42 Å². The molecule has 1 aromatic carbocycles. The number of carbonyl (C=O) groups excluding carboxylic acids is 1. The van der Waals surface area contributed by atoms with Gasteiger partial charge in [-0.1, -0.05) is 12.1 Å². The second kappa shape index (κ2) is 7.50. The van der Waals surface area contributed by atoms with Gasteiger partial charge in [-0.2, -0.15) is 0 Å². The number of piperazine rings is 1. The van der Waals surface area contributed by atoms with E-state index < -0.39 is 0 Å². The molecule has 0 unspecified atom stereocenters. The molecule has 1 N–H and O–H groups in total. The van der Waals surface area contributed by atoms with Crippen molar-refractivity contribution in [2.24, 2.45) is 0 Å². The first-order chi connectivity index (χ1) is 9.69. The normalized spacial score (nSPS) is 16.2. The zero-order valence-electron chi connectivity index (χ0n) is 11.9. The van der Waals surface area contributed by atoms with Crippen LogP contribution >= 0.6 is 11.6 Å². The highest BCUT2D eigenvalue weighted by molar-refractivity contribution is 6.27. The van der Waals surface area contributed by atoms with Crippen molar-refractivity contribution in [3.05, 3.63) is 29.8 Å². The van der Waals surface area contributed by atoms with Crippen molar-refractivity contribution in [3.63, 3.8) is 0 Å². The summed E-state index contributed by atoms with van der Waals surface area (Å²) in [6.07, 6.45) is 0.839. The summed E-state index contributed by atoms with van der Waals surface area (Å²) in [5.41, 5.74) is 2.52. The van der Waals surface area contributed by atoms with E-state index in [-0.39, 0.29) is 11.8 Å². The molecule has 5 heteroatoms. The number of carbonyl (C=O) groups is 1. The van der Waals surface area contributed by atoms with Gasteiger partial charge in [0.2, 0.25) is 5.91 Å². The molecule has 1 aliphatic rings. The van der Waals surface area contributed by atoms with Gasteiger partial charge < -0.3 is 15.1 Å². The molecule has 1 aliphatic heterocycles. The summed E-state index contributed by atoms with van der Waals surface area (Å²) in [6, 6.07) is 8.62. The minimum Gasteiger partial charge on any atom is -0.369 e. The number of anilines is 1. The highest BCUT2D eigenvalue weighted by atomic mass is 35.5. The van der Waals surface area contributed by atoms with Crippen LogP contribution in [0.3, 0.4) is 0 Å². The number of likely N-dealkylation sites (N-methyl/N-ethyl adjacent to an activating group) is 1. The summed E-state index contributed by atoms with van der Waals surface area (Å²) >= 11 is 5.43. The summed E-state index contributed by atoms with van der Waals surface area (Å²) in [5, 5.41) is 2.78. The number of hydrogen-bond acceptors (Lipinski definition) is 3. The predicted molar refractivity (Wildman–Crippen MR) is 83.6 cm³/mol. The molecular weight excluding hydrogens is 274 g/mol. The molecule has 1 heterocycles. The van der Waals surface area contributed by atoms with Gasteiger partial charge in [-0.3, -0.25) is 4.79 Å². The number of alkyl halides is 1. The molecule has 1 aromatic rings. The molecule has 2 rings (SSSR count). The van der Waals surface area contributed by atoms with Crippen LogP contribution in [0.2, 0.25) is 0 Å². The summed E-state index contributed by atoms with van der Waals surface area (Å²) in [6.45, 7) is 5.04. The molecule has 1 fully saturated rings. The van der Waals surface area contributed by atoms with Crippen LogP contribution in [0.5, 0.6) is 0 Å². The van der Waals surface area contributed by atoms with E-state index in [0.717, 1.165) is 32.6 Å². The molecule has 0 bridgehead atoms. The highest BCUT2D eigenvalue weighted by Gasteiger charge is 2.13. The number of nitrogens with zero attached hydrogens (tertiary/aromatic N) is 2. The van der Waals surface area contributed by atoms with E-state index in [9.17, 15) is 4.79 Å². The van der Waals surface area contributed by atoms with Gasteiger partial charge in [-0.25, -0.2) is 0 Å². The Morgan fingerprint density at radius 1 is 1.20 bits per heavy atom. The van der Waals surface area contributed by atoms with E-state index in [4.69, 9.17) is 11.6 Å². The zero-order valence-corrected chi connectivity index (χ0v) is 12.7. The molecule has 0 aliphatic carbocycles. The maximum Gasteiger partial charge on any atom is 0.234 e. The van der Waals surface area contributed by atoms with Crippen molar-refractivity contribution in [3.8, 4) is 0 Å². The second-order valence-electron chi connectivity index (χ2n) is 5.19. The summed E-state index contributed by atoms with van der Waals surface area (Å²) in [7, 11) is 2.16. The maximum atomic E-state index is 11.0. The van der Waals surface area contributed by atoms with Gasteiger partial charge in [-0.05, 0) is 31.2 Å². The van der Waals surface area contributed by atoms with E-state index in [1.165, 1.54) is 11.3 Å². The fourth-order valence-electron chi connectivity index (χ4n) is 2.33. The Hall–Kier alpha value is -1.26. The third-order valence-electron chi connectivity index (χ3n) is 3.66. The molecule has 1 amide bonds. The van der Waals surface area contributed by atoms with Crippen LogP contribution in [0.1, 0.15) is 5.56 Å². The Morgan fingerprint density at radius 2 is 1.85 bits per heavy atom. The molecular formula is C15H22ClN3O. The van der Waals surface area contributed by atoms with Gasteiger partial charge in [0.05, 0.1) is 0 Å². The second-order valence-corrected chi connectivity index (χ2v) is 5.46. The Morgan fingerprint density at radius 3 is 2.45 bits per heavy atom. The summed E-state index contributed by atoms with van der Waals surface area (Å²) in [5.74, 6) is -0.0803. The number of halogens is 1. The van der Waals surface area contributed by atoms with Gasteiger partial charge >= 0.3 is 0 Å². The average Bonchev–Trinajstić information content (AvgIpc) is 2.48. The molecule has 0 atom stereocenters. The molecule has 0 radical (unpaired) electrons. The van der Waals surface area contributed by atoms with E-state index >= 15 is 0 Å². The molecule has 1 saturated heterocycles. The van der Waals surface area contributed by atoms with Crippen molar-refractivity contribution < 1.29 is 4.79 Å². The third kappa shape index (κ3) is 4.39. The van der Waals surface area contributed by atoms with Crippen LogP contribution < -0.4 is 10.2 Å². The molecule has 0 aromatic heterocycles. The average molecular weight is 296 g/mol. The largest absolute Gasteiger partial charge is 0.369 e. The van der Waals surface area contributed by atoms with Crippen LogP contribution in [0.15, 0.2) is 24.3 Å². The van der Waals surface area contributed by atoms with E-state index in [1.54, 1.807) is 0 Å². The first-order valence-electron chi connectivity index (χ1n) is 7.04. The number of rotatable bonds is 5. The Balaban J connectivity index is 1.82. The fraction of sp³-hybridized carbons (Fsp3) is 0.533. The van der Waals surface area contributed by atoms with E-state index in [0.29, 0.717) is 6.54 Å². The number of amides is 1. The molecule has 110 valence electrons. The standard InChI is InChI=1S/C15H22ClN3O/c1-18-8-10-19(11-9-18)14-4-2-13(3-5-14)6-7-17-15(20)12-16/h2-5H,6-12H2,1H3,(H,17,20). The van der Waals surface area contributed by atoms with Gasteiger partial charge in [0.1, 0.15) is 5.88 Å². The first kappa shape index (κ1) is 15.1. The van der Waals surface area contributed by atoms with Crippen LogP contribution in [0.4, 0.5) is 5.69 Å². The fourth-order valence-corrected chi connectivity index (χ4v) is 2.43. The van der Waals surface area contributed by atoms with E-state index in [2.05, 4.69) is 46.4 Å². The predicted octanol–water partition coefficient (Wildman–Crippen LogP) is 1.34. The van der Waals surface area contributed by atoms with Crippen molar-refractivity contribution in [1.29, 1.82) is 0 Å². The van der Waals surface area contributed by atoms with Crippen molar-refractivity contribution in [1.82, 2.24) is 10.2 Å². The lowest BCUT2D eigenvalue weighted by molar-refractivity contribution is -0.118. The lowest BCUT2D eigenvalue weighted by Gasteiger charge is -2.34. The minimum atomic E-state index is -0.110. The topological polar surface area (TPSA) is 35.6 Å². The SMILES string of the molecule is CN1CCN(c2ccc(CCNC(=O)CCl)cc2)CC1. The zero-order chi connectivity index (χ0) is 14.4. The van der Waals surface area contributed by atoms with Crippen LogP contribution in [0.25, 0.3) is 0 Å². The number of benzene rings is 1. The smallest absolute Gasteiger partial charge is 0.234 e. The summed E-state index contributed by atoms with van der Waals surface area (Å²) in [4.78, 5) is 15.8. The van der Waals surface area contributed by atoms with E-state index in [1.807, 2.05) is 0 Å². The van der Waals surface area contributed by atoms with Gasteiger partial charge in [0, 0.05) is 38.4 Å². The molecule has 20 heavy (non-hydrogen) atoms. The summed E-state index contributed by atoms with van der Waals surface area (Å²) < 4.78 is 0. The van der Waals surface area contributed by atoms with Gasteiger partial charge in [0.15, 0.2) is 0 Å². The number of nitrogens with one attached hydrogen (secondary N) is 1. The Kier molecular flexibility index (Phi) is 5.68. The van der Waals surface area contributed by atoms with Crippen molar-refractivity contribution in [2.75, 3.05) is 50.6 Å². The minimum absolute atomic E-state index is 0.0301. The third-order valence-corrected chi connectivity index (χ3v) is 3.90. The highest BCUT2D eigenvalue weighted by Crippen LogP contribution is 2.17. The quantitative estimate of drug-likeness (QED) is 0.833. The lowest BCUT2D eigenvalue weighted by atomic mass is 10.1. The molecule has 0 saturated carbocycles. The Labute approximate surface area is 125 Å². The van der Waals surface area contributed by atoms with Crippen LogP contribution in [-0.4, -0.2) is 56.5 Å². The van der Waals surface area contributed by atoms with Gasteiger partial charge in [-0.15, -0.1) is 11.6 Å². The lowest BCUT2D eigenvalue weighted by Crippen LogP contribution is -2.44. The monoisotopic (exact) mass is 295 g/mol. The number of hydrogen-bond donors (Lipinski definition) is 1. The van der Waals surface area contributed by atoms with Crippen LogP contribution in [-0.2, 0) is 11.2 Å².